The molecule has 1 saturated heterocycles. The smallest absolute Gasteiger partial charge is 0.256 e. The van der Waals surface area contributed by atoms with E-state index in [9.17, 15) is 13.2 Å². The van der Waals surface area contributed by atoms with Crippen molar-refractivity contribution in [3.8, 4) is 17.4 Å². The summed E-state index contributed by atoms with van der Waals surface area (Å²) in [6.45, 7) is 11.7. The number of ether oxygens (including phenoxy) is 2. The van der Waals surface area contributed by atoms with Gasteiger partial charge in [-0.25, -0.2) is 17.8 Å². The molecule has 2 N–H and O–H groups in total. The minimum atomic E-state index is -3.65. The van der Waals surface area contributed by atoms with Crippen LogP contribution in [0.4, 0.5) is 15.8 Å². The standard InChI is InChI=1S/C30H39FN6O5S/c1-19-22(31)14-20(15-25(19)42-27-8-9-32-26(34-27)18-37-12-10-36(5)11-13-37)29(38)33-23-16-21(30(2,3)4)17-24(28(23)41-6)35-43(7,39)40/h8-9,14-17,35H,10-13,18H2,1-7H3,(H,33,38). The Bertz CT molecular complexity index is 1600. The Balaban J connectivity index is 1.61. The molecule has 0 aliphatic carbocycles. The van der Waals surface area contributed by atoms with Crippen LogP contribution in [0.3, 0.4) is 0 Å². The van der Waals surface area contributed by atoms with Crippen molar-refractivity contribution >= 4 is 27.3 Å². The quantitative estimate of drug-likeness (QED) is 0.361. The molecule has 0 saturated carbocycles. The topological polar surface area (TPSA) is 126 Å². The van der Waals surface area contributed by atoms with Gasteiger partial charge in [-0.3, -0.25) is 14.4 Å². The molecule has 1 fully saturated rings. The molecule has 0 radical (unpaired) electrons. The van der Waals surface area contributed by atoms with Crippen LogP contribution in [0.2, 0.25) is 0 Å². The van der Waals surface area contributed by atoms with E-state index in [0.29, 0.717) is 12.4 Å². The summed E-state index contributed by atoms with van der Waals surface area (Å²) >= 11 is 0. The predicted octanol–water partition coefficient (Wildman–Crippen LogP) is 4.39. The van der Waals surface area contributed by atoms with E-state index in [1.165, 1.54) is 13.2 Å². The van der Waals surface area contributed by atoms with Crippen LogP contribution in [0.5, 0.6) is 17.4 Å². The lowest BCUT2D eigenvalue weighted by molar-refractivity contribution is 0.102. The third-order valence-corrected chi connectivity index (χ3v) is 7.71. The van der Waals surface area contributed by atoms with Crippen molar-refractivity contribution in [3.05, 3.63) is 64.9 Å². The molecule has 3 aromatic rings. The second-order valence-electron chi connectivity index (χ2n) is 11.8. The highest BCUT2D eigenvalue weighted by Crippen LogP contribution is 2.39. The number of nitrogens with one attached hydrogen (secondary N) is 2. The first kappa shape index (κ1) is 32.1. The molecule has 13 heteroatoms. The molecule has 1 aliphatic heterocycles. The number of sulfonamides is 1. The number of anilines is 2. The molecule has 0 spiro atoms. The van der Waals surface area contributed by atoms with Crippen LogP contribution < -0.4 is 19.5 Å². The summed E-state index contributed by atoms with van der Waals surface area (Å²) in [5, 5.41) is 2.76. The highest BCUT2D eigenvalue weighted by atomic mass is 32.2. The fraction of sp³-hybridized carbons (Fsp3) is 0.433. The zero-order chi connectivity index (χ0) is 31.5. The molecule has 0 atom stereocenters. The predicted molar refractivity (Wildman–Crippen MR) is 164 cm³/mol. The lowest BCUT2D eigenvalue weighted by atomic mass is 9.86. The number of methoxy groups -OCH3 is 1. The van der Waals surface area contributed by atoms with Crippen LogP contribution in [0, 0.1) is 12.7 Å². The SMILES string of the molecule is COc1c(NC(=O)c2cc(F)c(C)c(Oc3ccnc(CN4CCN(C)CC4)n3)c2)cc(C(C)(C)C)cc1NS(C)(=O)=O. The van der Waals surface area contributed by atoms with Crippen molar-refractivity contribution in [2.75, 3.05) is 56.6 Å². The monoisotopic (exact) mass is 614 g/mol. The summed E-state index contributed by atoms with van der Waals surface area (Å²) < 4.78 is 53.1. The highest BCUT2D eigenvalue weighted by molar-refractivity contribution is 7.92. The van der Waals surface area contributed by atoms with Gasteiger partial charge < -0.3 is 19.7 Å². The fourth-order valence-corrected chi connectivity index (χ4v) is 5.12. The average Bonchev–Trinajstić information content (AvgIpc) is 2.91. The molecule has 0 bridgehead atoms. The molecule has 1 aliphatic rings. The summed E-state index contributed by atoms with van der Waals surface area (Å²) in [5.74, 6) is -0.219. The summed E-state index contributed by atoms with van der Waals surface area (Å²) in [4.78, 5) is 26.8. The van der Waals surface area contributed by atoms with Gasteiger partial charge in [-0.1, -0.05) is 20.8 Å². The lowest BCUT2D eigenvalue weighted by Gasteiger charge is -2.31. The van der Waals surface area contributed by atoms with Crippen LogP contribution in [0.15, 0.2) is 36.5 Å². The Hall–Kier alpha value is -3.81. The maximum absolute atomic E-state index is 15.1. The van der Waals surface area contributed by atoms with Gasteiger partial charge in [0.15, 0.2) is 5.75 Å². The summed E-state index contributed by atoms with van der Waals surface area (Å²) in [5.41, 5.74) is 0.942. The van der Waals surface area contributed by atoms with Crippen LogP contribution in [-0.2, 0) is 22.0 Å². The number of hydrogen-bond donors (Lipinski definition) is 2. The maximum Gasteiger partial charge on any atom is 0.256 e. The second kappa shape index (κ2) is 12.8. The van der Waals surface area contributed by atoms with E-state index < -0.39 is 27.2 Å². The number of carbonyl (C=O) groups excluding carboxylic acids is 1. The minimum absolute atomic E-state index is 0.00865. The number of aromatic nitrogens is 2. The molecule has 11 nitrogen and oxygen atoms in total. The van der Waals surface area contributed by atoms with Gasteiger partial charge in [0.2, 0.25) is 15.9 Å². The summed E-state index contributed by atoms with van der Waals surface area (Å²) in [6.07, 6.45) is 2.62. The molecule has 0 unspecified atom stereocenters. The Morgan fingerprint density at radius 3 is 2.40 bits per heavy atom. The number of carbonyl (C=O) groups is 1. The number of benzene rings is 2. The van der Waals surface area contributed by atoms with Crippen LogP contribution in [0.25, 0.3) is 0 Å². The van der Waals surface area contributed by atoms with Crippen molar-refractivity contribution in [1.29, 1.82) is 0 Å². The van der Waals surface area contributed by atoms with Crippen molar-refractivity contribution in [2.24, 2.45) is 0 Å². The Morgan fingerprint density at radius 1 is 1.09 bits per heavy atom. The normalized spacial score (nSPS) is 14.8. The summed E-state index contributed by atoms with van der Waals surface area (Å²) in [7, 11) is -0.197. The van der Waals surface area contributed by atoms with E-state index in [-0.39, 0.29) is 39.9 Å². The first-order chi connectivity index (χ1) is 20.1. The number of rotatable bonds is 9. The number of hydrogen-bond acceptors (Lipinski definition) is 9. The molecule has 43 heavy (non-hydrogen) atoms. The fourth-order valence-electron chi connectivity index (χ4n) is 4.57. The zero-order valence-electron chi connectivity index (χ0n) is 25.6. The molecule has 4 rings (SSSR count). The van der Waals surface area contributed by atoms with Gasteiger partial charge in [0, 0.05) is 49.6 Å². The third-order valence-electron chi connectivity index (χ3n) is 7.12. The Labute approximate surface area is 252 Å². The van der Waals surface area contributed by atoms with E-state index in [0.717, 1.165) is 44.1 Å². The Morgan fingerprint density at radius 2 is 1.77 bits per heavy atom. The van der Waals surface area contributed by atoms with Gasteiger partial charge in [0.05, 0.1) is 31.3 Å². The number of amides is 1. The Kier molecular flexibility index (Phi) is 9.57. The van der Waals surface area contributed by atoms with Gasteiger partial charge in [-0.2, -0.15) is 4.98 Å². The van der Waals surface area contributed by atoms with Gasteiger partial charge in [-0.15, -0.1) is 0 Å². The molecule has 1 amide bonds. The zero-order valence-corrected chi connectivity index (χ0v) is 26.4. The van der Waals surface area contributed by atoms with E-state index >= 15 is 4.39 Å². The maximum atomic E-state index is 15.1. The molecule has 2 aromatic carbocycles. The van der Waals surface area contributed by atoms with E-state index in [4.69, 9.17) is 9.47 Å². The molecule has 232 valence electrons. The molecular weight excluding hydrogens is 575 g/mol. The average molecular weight is 615 g/mol. The summed E-state index contributed by atoms with van der Waals surface area (Å²) in [6, 6.07) is 7.50. The van der Waals surface area contributed by atoms with Crippen molar-refractivity contribution in [1.82, 2.24) is 19.8 Å². The van der Waals surface area contributed by atoms with Crippen LogP contribution >= 0.6 is 0 Å². The van der Waals surface area contributed by atoms with Crippen LogP contribution in [0.1, 0.15) is 48.1 Å². The van der Waals surface area contributed by atoms with Crippen molar-refractivity contribution in [2.45, 2.75) is 39.7 Å². The lowest BCUT2D eigenvalue weighted by Crippen LogP contribution is -2.44. The van der Waals surface area contributed by atoms with E-state index in [1.54, 1.807) is 31.3 Å². The van der Waals surface area contributed by atoms with E-state index in [2.05, 4.69) is 36.9 Å². The molecular formula is C30H39FN6O5S. The van der Waals surface area contributed by atoms with Gasteiger partial charge >= 0.3 is 0 Å². The number of nitrogens with zero attached hydrogens (tertiary/aromatic N) is 4. The van der Waals surface area contributed by atoms with Crippen molar-refractivity contribution in [3.63, 3.8) is 0 Å². The number of halogens is 1. The highest BCUT2D eigenvalue weighted by Gasteiger charge is 2.23. The van der Waals surface area contributed by atoms with Crippen molar-refractivity contribution < 1.29 is 27.1 Å². The van der Waals surface area contributed by atoms with Crippen LogP contribution in [-0.4, -0.2) is 80.7 Å². The largest absolute Gasteiger partial charge is 0.492 e. The van der Waals surface area contributed by atoms with Gasteiger partial charge in [0.1, 0.15) is 17.4 Å². The number of likely N-dealkylation sites (N-methyl/N-ethyl adjacent to an activating group) is 1. The van der Waals surface area contributed by atoms with Gasteiger partial charge in [0.25, 0.3) is 5.91 Å². The first-order valence-electron chi connectivity index (χ1n) is 13.9. The van der Waals surface area contributed by atoms with Gasteiger partial charge in [-0.05, 0) is 49.2 Å². The molecule has 1 aromatic heterocycles. The first-order valence-corrected chi connectivity index (χ1v) is 15.7. The van der Waals surface area contributed by atoms with E-state index in [1.807, 2.05) is 20.8 Å². The third kappa shape index (κ3) is 8.39. The second-order valence-corrected chi connectivity index (χ2v) is 13.5. The minimum Gasteiger partial charge on any atom is -0.492 e. The number of piperazine rings is 1. The molecule has 2 heterocycles.